The molecular formula is C19H30O. The second-order valence-corrected chi connectivity index (χ2v) is 9.01. The fourth-order valence-electron chi connectivity index (χ4n) is 7.07. The van der Waals surface area contributed by atoms with Gasteiger partial charge in [-0.1, -0.05) is 26.7 Å². The molecule has 0 heterocycles. The molecule has 20 heavy (non-hydrogen) atoms. The molecule has 1 heteroatoms. The van der Waals surface area contributed by atoms with Gasteiger partial charge in [-0.2, -0.15) is 0 Å². The van der Waals surface area contributed by atoms with E-state index >= 15 is 0 Å². The van der Waals surface area contributed by atoms with Gasteiger partial charge in [-0.15, -0.1) is 0 Å². The van der Waals surface area contributed by atoms with Crippen molar-refractivity contribution in [1.29, 1.82) is 0 Å². The van der Waals surface area contributed by atoms with Gasteiger partial charge < -0.3 is 0 Å². The number of hydrogen-bond donors (Lipinski definition) is 0. The zero-order valence-electron chi connectivity index (χ0n) is 13.3. The van der Waals surface area contributed by atoms with Crippen LogP contribution in [0.1, 0.15) is 78.1 Å². The van der Waals surface area contributed by atoms with Gasteiger partial charge in [-0.25, -0.2) is 0 Å². The topological polar surface area (TPSA) is 17.1 Å². The van der Waals surface area contributed by atoms with Crippen molar-refractivity contribution in [2.45, 2.75) is 78.1 Å². The molecule has 0 N–H and O–H groups in total. The van der Waals surface area contributed by atoms with Crippen LogP contribution in [0.4, 0.5) is 0 Å². The Bertz CT molecular complexity index is 427. The summed E-state index contributed by atoms with van der Waals surface area (Å²) in [5, 5.41) is 0. The highest BCUT2D eigenvalue weighted by molar-refractivity contribution is 5.82. The molecule has 0 amide bonds. The van der Waals surface area contributed by atoms with Gasteiger partial charge in [0.2, 0.25) is 0 Å². The van der Waals surface area contributed by atoms with Crippen molar-refractivity contribution in [3.63, 3.8) is 0 Å². The van der Waals surface area contributed by atoms with E-state index < -0.39 is 0 Å². The van der Waals surface area contributed by atoms with Crippen LogP contribution >= 0.6 is 0 Å². The number of carbonyl (C=O) groups is 1. The second-order valence-electron chi connectivity index (χ2n) is 9.01. The summed E-state index contributed by atoms with van der Waals surface area (Å²) in [5.41, 5.74) is 0.990. The first-order valence-electron chi connectivity index (χ1n) is 9.05. The molecule has 0 unspecified atom stereocenters. The molecule has 1 nitrogen and oxygen atoms in total. The van der Waals surface area contributed by atoms with E-state index in [1.165, 1.54) is 51.4 Å². The lowest BCUT2D eigenvalue weighted by atomic mass is 9.45. The SMILES string of the molecule is C[C@]12CC[C@H]3[C@H](CC[C@H]4CCCC[C@@]43C)[C@@H]1CC(=O)C2. The molecule has 0 radical (unpaired) electrons. The van der Waals surface area contributed by atoms with E-state index in [-0.39, 0.29) is 0 Å². The van der Waals surface area contributed by atoms with E-state index in [9.17, 15) is 4.79 Å². The summed E-state index contributed by atoms with van der Waals surface area (Å²) in [6, 6.07) is 0. The number of ketones is 1. The first kappa shape index (κ1) is 13.3. The number of fused-ring (bicyclic) bond motifs is 5. The Morgan fingerprint density at radius 2 is 1.80 bits per heavy atom. The number of hydrogen-bond acceptors (Lipinski definition) is 1. The average molecular weight is 274 g/mol. The van der Waals surface area contributed by atoms with Crippen LogP contribution in [0.5, 0.6) is 0 Å². The van der Waals surface area contributed by atoms with Crippen LogP contribution in [0.3, 0.4) is 0 Å². The molecule has 112 valence electrons. The van der Waals surface area contributed by atoms with E-state index in [0.29, 0.717) is 16.6 Å². The smallest absolute Gasteiger partial charge is 0.133 e. The van der Waals surface area contributed by atoms with Crippen molar-refractivity contribution >= 4 is 5.78 Å². The lowest BCUT2D eigenvalue weighted by Crippen LogP contribution is -2.51. The highest BCUT2D eigenvalue weighted by Gasteiger charge is 2.58. The summed E-state index contributed by atoms with van der Waals surface area (Å²) in [4.78, 5) is 12.1. The maximum Gasteiger partial charge on any atom is 0.133 e. The molecule has 4 aliphatic rings. The zero-order valence-corrected chi connectivity index (χ0v) is 13.3. The lowest BCUT2D eigenvalue weighted by Gasteiger charge is -2.59. The van der Waals surface area contributed by atoms with E-state index in [2.05, 4.69) is 13.8 Å². The summed E-state index contributed by atoms with van der Waals surface area (Å²) in [6.07, 6.45) is 13.3. The van der Waals surface area contributed by atoms with E-state index in [0.717, 1.165) is 36.5 Å². The van der Waals surface area contributed by atoms with E-state index in [1.807, 2.05) is 0 Å². The predicted molar refractivity (Wildman–Crippen MR) is 81.4 cm³/mol. The Kier molecular flexibility index (Phi) is 2.89. The van der Waals surface area contributed by atoms with Crippen LogP contribution in [-0.2, 0) is 4.79 Å². The highest BCUT2D eigenvalue weighted by atomic mass is 16.1. The summed E-state index contributed by atoms with van der Waals surface area (Å²) >= 11 is 0. The highest BCUT2D eigenvalue weighted by Crippen LogP contribution is 2.65. The second kappa shape index (κ2) is 4.34. The fourth-order valence-corrected chi connectivity index (χ4v) is 7.07. The minimum absolute atomic E-state index is 0.371. The molecule has 0 aromatic heterocycles. The maximum atomic E-state index is 12.1. The lowest BCUT2D eigenvalue weighted by molar-refractivity contribution is -0.118. The monoisotopic (exact) mass is 274 g/mol. The average Bonchev–Trinajstić information content (AvgIpc) is 2.72. The summed E-state index contributed by atoms with van der Waals surface area (Å²) in [6.45, 7) is 5.04. The first-order chi connectivity index (χ1) is 9.53. The van der Waals surface area contributed by atoms with Gasteiger partial charge in [0.05, 0.1) is 0 Å². The van der Waals surface area contributed by atoms with Crippen LogP contribution in [0, 0.1) is 34.5 Å². The Morgan fingerprint density at radius 3 is 2.65 bits per heavy atom. The molecule has 4 aliphatic carbocycles. The predicted octanol–water partition coefficient (Wildman–Crippen LogP) is 4.99. The Morgan fingerprint density at radius 1 is 0.950 bits per heavy atom. The van der Waals surface area contributed by atoms with Crippen molar-refractivity contribution in [2.75, 3.05) is 0 Å². The van der Waals surface area contributed by atoms with Gasteiger partial charge >= 0.3 is 0 Å². The normalized spacial score (nSPS) is 55.0. The molecule has 0 aliphatic heterocycles. The van der Waals surface area contributed by atoms with Gasteiger partial charge in [0.1, 0.15) is 5.78 Å². The zero-order chi connectivity index (χ0) is 14.0. The van der Waals surface area contributed by atoms with Gasteiger partial charge in [-0.05, 0) is 73.0 Å². The standard InChI is InChI=1S/C19H30O/c1-18-10-8-16-15(17(18)11-14(20)12-18)7-6-13-5-3-4-9-19(13,16)2/h13,15-17H,3-12H2,1-2H3/t13-,15+,16+,17+,18-,19+/m1/s1. The van der Waals surface area contributed by atoms with Crippen LogP contribution in [0.25, 0.3) is 0 Å². The molecule has 0 aromatic carbocycles. The Labute approximate surface area is 123 Å². The van der Waals surface area contributed by atoms with Gasteiger partial charge in [0.15, 0.2) is 0 Å². The van der Waals surface area contributed by atoms with E-state index in [1.54, 1.807) is 0 Å². The van der Waals surface area contributed by atoms with Crippen molar-refractivity contribution in [1.82, 2.24) is 0 Å². The minimum Gasteiger partial charge on any atom is -0.300 e. The molecule has 4 fully saturated rings. The summed E-state index contributed by atoms with van der Waals surface area (Å²) in [5.74, 6) is 4.10. The quantitative estimate of drug-likeness (QED) is 0.608. The van der Waals surface area contributed by atoms with Gasteiger partial charge in [-0.3, -0.25) is 4.79 Å². The summed E-state index contributed by atoms with van der Waals surface area (Å²) < 4.78 is 0. The third-order valence-electron chi connectivity index (χ3n) is 8.15. The first-order valence-corrected chi connectivity index (χ1v) is 9.05. The van der Waals surface area contributed by atoms with Gasteiger partial charge in [0.25, 0.3) is 0 Å². The van der Waals surface area contributed by atoms with Crippen molar-refractivity contribution in [2.24, 2.45) is 34.5 Å². The molecule has 0 saturated heterocycles. The molecule has 0 spiro atoms. The number of rotatable bonds is 0. The minimum atomic E-state index is 0.371. The fraction of sp³-hybridized carbons (Fsp3) is 0.947. The molecule has 0 aromatic rings. The third-order valence-corrected chi connectivity index (χ3v) is 8.15. The molecular weight excluding hydrogens is 244 g/mol. The van der Waals surface area contributed by atoms with E-state index in [4.69, 9.17) is 0 Å². The maximum absolute atomic E-state index is 12.1. The van der Waals surface area contributed by atoms with Crippen LogP contribution in [0.2, 0.25) is 0 Å². The number of carbonyl (C=O) groups excluding carboxylic acids is 1. The van der Waals surface area contributed by atoms with Crippen LogP contribution < -0.4 is 0 Å². The summed E-state index contributed by atoms with van der Waals surface area (Å²) in [7, 11) is 0. The molecule has 4 saturated carbocycles. The van der Waals surface area contributed by atoms with Gasteiger partial charge in [0, 0.05) is 12.8 Å². The van der Waals surface area contributed by atoms with Crippen molar-refractivity contribution in [3.8, 4) is 0 Å². The number of Topliss-reactive ketones (excluding diaryl/α,β-unsaturated/α-hetero) is 1. The van der Waals surface area contributed by atoms with Crippen molar-refractivity contribution < 1.29 is 4.79 Å². The Hall–Kier alpha value is -0.330. The van der Waals surface area contributed by atoms with Crippen molar-refractivity contribution in [3.05, 3.63) is 0 Å². The Balaban J connectivity index is 1.65. The molecule has 6 atom stereocenters. The largest absolute Gasteiger partial charge is 0.300 e. The molecule has 4 rings (SSSR count). The molecule has 0 bridgehead atoms. The van der Waals surface area contributed by atoms with Crippen LogP contribution in [0.15, 0.2) is 0 Å². The third kappa shape index (κ3) is 1.70. The van der Waals surface area contributed by atoms with Crippen LogP contribution in [-0.4, -0.2) is 5.78 Å².